The number of amidine groups is 1. The molecule has 3 N–H and O–H groups in total. The van der Waals surface area contributed by atoms with Gasteiger partial charge in [0.15, 0.2) is 0 Å². The van der Waals surface area contributed by atoms with Crippen molar-refractivity contribution in [2.75, 3.05) is 7.11 Å². The number of methoxy groups -OCH3 is 1. The molecule has 0 amide bonds. The fraction of sp³-hybridized carbons (Fsp3) is 0.462. The van der Waals surface area contributed by atoms with Crippen molar-refractivity contribution in [1.82, 2.24) is 5.43 Å². The molecule has 1 fully saturated rings. The van der Waals surface area contributed by atoms with Gasteiger partial charge in [0, 0.05) is 6.42 Å². The SMILES string of the molecule is COc1ccc(CCC(=NC2CC2)NN)cc1. The molecule has 0 heterocycles. The van der Waals surface area contributed by atoms with Crippen molar-refractivity contribution >= 4 is 5.84 Å². The first-order chi connectivity index (χ1) is 8.31. The molecule has 92 valence electrons. The van der Waals surface area contributed by atoms with Crippen molar-refractivity contribution < 1.29 is 4.74 Å². The Morgan fingerprint density at radius 1 is 1.41 bits per heavy atom. The maximum absolute atomic E-state index is 5.46. The normalized spacial score (nSPS) is 15.8. The molecule has 0 aliphatic heterocycles. The van der Waals surface area contributed by atoms with Gasteiger partial charge in [-0.3, -0.25) is 4.99 Å². The Bertz CT molecular complexity index is 382. The van der Waals surface area contributed by atoms with Crippen LogP contribution in [-0.4, -0.2) is 19.0 Å². The van der Waals surface area contributed by atoms with E-state index in [1.807, 2.05) is 12.1 Å². The summed E-state index contributed by atoms with van der Waals surface area (Å²) in [4.78, 5) is 4.51. The van der Waals surface area contributed by atoms with Crippen molar-refractivity contribution in [2.45, 2.75) is 31.7 Å². The minimum Gasteiger partial charge on any atom is -0.497 e. The minimum atomic E-state index is 0.511. The fourth-order valence-electron chi connectivity index (χ4n) is 1.65. The van der Waals surface area contributed by atoms with Crippen molar-refractivity contribution in [3.63, 3.8) is 0 Å². The third kappa shape index (κ3) is 3.75. The summed E-state index contributed by atoms with van der Waals surface area (Å²) in [7, 11) is 1.67. The number of aliphatic imine (C=N–C) groups is 1. The van der Waals surface area contributed by atoms with Gasteiger partial charge >= 0.3 is 0 Å². The largest absolute Gasteiger partial charge is 0.497 e. The van der Waals surface area contributed by atoms with Crippen LogP contribution < -0.4 is 16.0 Å². The molecule has 1 saturated carbocycles. The van der Waals surface area contributed by atoms with Crippen molar-refractivity contribution in [2.24, 2.45) is 10.8 Å². The van der Waals surface area contributed by atoms with E-state index in [2.05, 4.69) is 22.6 Å². The Kier molecular flexibility index (Phi) is 3.98. The quantitative estimate of drug-likeness (QED) is 0.352. The van der Waals surface area contributed by atoms with E-state index >= 15 is 0 Å². The third-order valence-electron chi connectivity index (χ3n) is 2.86. The minimum absolute atomic E-state index is 0.511. The van der Waals surface area contributed by atoms with Gasteiger partial charge in [-0.2, -0.15) is 0 Å². The fourth-order valence-corrected chi connectivity index (χ4v) is 1.65. The predicted molar refractivity (Wildman–Crippen MR) is 69.1 cm³/mol. The van der Waals surface area contributed by atoms with Gasteiger partial charge in [0.2, 0.25) is 0 Å². The average molecular weight is 233 g/mol. The highest BCUT2D eigenvalue weighted by Gasteiger charge is 2.20. The Morgan fingerprint density at radius 3 is 2.65 bits per heavy atom. The Hall–Kier alpha value is -1.55. The predicted octanol–water partition coefficient (Wildman–Crippen LogP) is 1.65. The van der Waals surface area contributed by atoms with E-state index in [0.29, 0.717) is 6.04 Å². The molecule has 0 aromatic heterocycles. The number of rotatable bonds is 5. The van der Waals surface area contributed by atoms with Gasteiger partial charge in [-0.1, -0.05) is 12.1 Å². The second kappa shape index (κ2) is 5.68. The first-order valence-corrected chi connectivity index (χ1v) is 5.98. The van der Waals surface area contributed by atoms with E-state index in [4.69, 9.17) is 10.6 Å². The Labute approximate surface area is 102 Å². The molecule has 1 aliphatic rings. The van der Waals surface area contributed by atoms with E-state index in [0.717, 1.165) is 24.4 Å². The first-order valence-electron chi connectivity index (χ1n) is 5.98. The van der Waals surface area contributed by atoms with Crippen LogP contribution in [0.3, 0.4) is 0 Å². The molecule has 1 aliphatic carbocycles. The molecule has 17 heavy (non-hydrogen) atoms. The van der Waals surface area contributed by atoms with E-state index in [1.165, 1.54) is 18.4 Å². The highest BCUT2D eigenvalue weighted by Crippen LogP contribution is 2.23. The number of ether oxygens (including phenoxy) is 1. The number of hydrogen-bond donors (Lipinski definition) is 2. The number of hydrogen-bond acceptors (Lipinski definition) is 3. The average Bonchev–Trinajstić information content (AvgIpc) is 3.19. The summed E-state index contributed by atoms with van der Waals surface area (Å²) >= 11 is 0. The number of hydrazine groups is 1. The maximum atomic E-state index is 5.46. The second-order valence-electron chi connectivity index (χ2n) is 4.30. The summed E-state index contributed by atoms with van der Waals surface area (Å²) in [5.41, 5.74) is 3.96. The van der Waals surface area contributed by atoms with Gasteiger partial charge in [-0.05, 0) is 37.0 Å². The zero-order chi connectivity index (χ0) is 12.1. The molecule has 1 aromatic rings. The Balaban J connectivity index is 1.87. The second-order valence-corrected chi connectivity index (χ2v) is 4.30. The third-order valence-corrected chi connectivity index (χ3v) is 2.86. The first kappa shape index (κ1) is 11.9. The van der Waals surface area contributed by atoms with Crippen LogP contribution in [0.2, 0.25) is 0 Å². The van der Waals surface area contributed by atoms with E-state index in [-0.39, 0.29) is 0 Å². The Morgan fingerprint density at radius 2 is 2.12 bits per heavy atom. The molecule has 0 unspecified atom stereocenters. The lowest BCUT2D eigenvalue weighted by atomic mass is 10.1. The van der Waals surface area contributed by atoms with Gasteiger partial charge in [0.1, 0.15) is 11.6 Å². The molecule has 0 atom stereocenters. The van der Waals surface area contributed by atoms with Crippen LogP contribution in [0.5, 0.6) is 5.75 Å². The van der Waals surface area contributed by atoms with Gasteiger partial charge < -0.3 is 10.2 Å². The highest BCUT2D eigenvalue weighted by atomic mass is 16.5. The number of nitrogens with one attached hydrogen (secondary N) is 1. The summed E-state index contributed by atoms with van der Waals surface area (Å²) in [5, 5.41) is 0. The lowest BCUT2D eigenvalue weighted by Gasteiger charge is -2.06. The van der Waals surface area contributed by atoms with Gasteiger partial charge in [-0.25, -0.2) is 5.84 Å². The summed E-state index contributed by atoms with van der Waals surface area (Å²) in [5.74, 6) is 7.25. The molecular weight excluding hydrogens is 214 g/mol. The monoisotopic (exact) mass is 233 g/mol. The molecular formula is C13H19N3O. The van der Waals surface area contributed by atoms with Gasteiger partial charge in [-0.15, -0.1) is 0 Å². The van der Waals surface area contributed by atoms with E-state index < -0.39 is 0 Å². The van der Waals surface area contributed by atoms with Crippen LogP contribution in [0.25, 0.3) is 0 Å². The van der Waals surface area contributed by atoms with Crippen LogP contribution in [-0.2, 0) is 6.42 Å². The lowest BCUT2D eigenvalue weighted by molar-refractivity contribution is 0.414. The molecule has 2 rings (SSSR count). The van der Waals surface area contributed by atoms with Crippen molar-refractivity contribution in [3.05, 3.63) is 29.8 Å². The molecule has 1 aromatic carbocycles. The molecule has 0 bridgehead atoms. The van der Waals surface area contributed by atoms with Crippen LogP contribution in [0.15, 0.2) is 29.3 Å². The molecule has 0 radical (unpaired) electrons. The highest BCUT2D eigenvalue weighted by molar-refractivity contribution is 5.82. The zero-order valence-corrected chi connectivity index (χ0v) is 10.1. The van der Waals surface area contributed by atoms with Crippen molar-refractivity contribution in [1.29, 1.82) is 0 Å². The number of aryl methyl sites for hydroxylation is 1. The van der Waals surface area contributed by atoms with E-state index in [1.54, 1.807) is 7.11 Å². The van der Waals surface area contributed by atoms with Crippen LogP contribution in [0, 0.1) is 0 Å². The van der Waals surface area contributed by atoms with Crippen LogP contribution in [0.4, 0.5) is 0 Å². The van der Waals surface area contributed by atoms with Gasteiger partial charge in [0.05, 0.1) is 13.2 Å². The standard InChI is InChI=1S/C13H19N3O/c1-17-12-7-2-10(3-8-12)4-9-13(16-14)15-11-5-6-11/h2-3,7-8,11H,4-6,9,14H2,1H3,(H,15,16). The molecule has 4 nitrogen and oxygen atoms in total. The molecule has 0 spiro atoms. The number of nitrogens with zero attached hydrogens (tertiary/aromatic N) is 1. The number of nitrogens with two attached hydrogens (primary N) is 1. The number of benzene rings is 1. The molecule has 0 saturated heterocycles. The summed E-state index contributed by atoms with van der Waals surface area (Å²) < 4.78 is 5.12. The smallest absolute Gasteiger partial charge is 0.118 e. The zero-order valence-electron chi connectivity index (χ0n) is 10.1. The lowest BCUT2D eigenvalue weighted by Crippen LogP contribution is -2.31. The summed E-state index contributed by atoms with van der Waals surface area (Å²) in [6.07, 6.45) is 4.21. The topological polar surface area (TPSA) is 59.6 Å². The maximum Gasteiger partial charge on any atom is 0.118 e. The van der Waals surface area contributed by atoms with Crippen LogP contribution >= 0.6 is 0 Å². The van der Waals surface area contributed by atoms with Crippen LogP contribution in [0.1, 0.15) is 24.8 Å². The summed E-state index contributed by atoms with van der Waals surface area (Å²) in [6, 6.07) is 8.61. The van der Waals surface area contributed by atoms with Crippen molar-refractivity contribution in [3.8, 4) is 5.75 Å². The van der Waals surface area contributed by atoms with E-state index in [9.17, 15) is 0 Å². The van der Waals surface area contributed by atoms with Gasteiger partial charge in [0.25, 0.3) is 0 Å². The summed E-state index contributed by atoms with van der Waals surface area (Å²) in [6.45, 7) is 0. The molecule has 4 heteroatoms.